The van der Waals surface area contributed by atoms with E-state index in [9.17, 15) is 9.18 Å². The lowest BCUT2D eigenvalue weighted by Crippen LogP contribution is -2.03. The lowest BCUT2D eigenvalue weighted by molar-refractivity contribution is 0.0701. The van der Waals surface area contributed by atoms with Gasteiger partial charge in [0.1, 0.15) is 10.7 Å². The van der Waals surface area contributed by atoms with E-state index in [0.717, 1.165) is 21.9 Å². The van der Waals surface area contributed by atoms with E-state index in [1.807, 2.05) is 0 Å². The summed E-state index contributed by atoms with van der Waals surface area (Å²) in [6.07, 6.45) is 0.396. The molecule has 2 rings (SSSR count). The lowest BCUT2D eigenvalue weighted by atomic mass is 10.1. The predicted octanol–water partition coefficient (Wildman–Crippen LogP) is 2.38. The second-order valence-corrected chi connectivity index (χ2v) is 5.67. The number of aryl methyl sites for hydroxylation is 1. The van der Waals surface area contributed by atoms with Crippen LogP contribution in [0.15, 0.2) is 18.2 Å². The van der Waals surface area contributed by atoms with E-state index < -0.39 is 5.97 Å². The van der Waals surface area contributed by atoms with Gasteiger partial charge >= 0.3 is 5.97 Å². The van der Waals surface area contributed by atoms with Crippen molar-refractivity contribution >= 4 is 31.9 Å². The molecule has 1 unspecified atom stereocenters. The summed E-state index contributed by atoms with van der Waals surface area (Å²) in [7, 11) is 2.31. The maximum Gasteiger partial charge on any atom is 0.347 e. The van der Waals surface area contributed by atoms with Crippen LogP contribution in [-0.4, -0.2) is 16.1 Å². The number of benzene rings is 1. The second kappa shape index (κ2) is 5.12. The molecule has 0 saturated heterocycles. The average Bonchev–Trinajstić information content (AvgIpc) is 2.65. The van der Waals surface area contributed by atoms with Crippen LogP contribution in [0.5, 0.6) is 0 Å². The van der Waals surface area contributed by atoms with Crippen LogP contribution in [-0.2, 0) is 6.42 Å². The first-order valence-electron chi connectivity index (χ1n) is 5.21. The summed E-state index contributed by atoms with van der Waals surface area (Å²) in [5.41, 5.74) is 1.37. The molecule has 18 heavy (non-hydrogen) atoms. The lowest BCUT2D eigenvalue weighted by Gasteiger charge is -2.02. The van der Waals surface area contributed by atoms with Crippen molar-refractivity contribution in [2.24, 2.45) is 0 Å². The summed E-state index contributed by atoms with van der Waals surface area (Å²) in [4.78, 5) is 15.5. The van der Waals surface area contributed by atoms with Gasteiger partial charge in [0.15, 0.2) is 0 Å². The highest BCUT2D eigenvalue weighted by Gasteiger charge is 2.16. The Bertz CT molecular complexity index is 612. The van der Waals surface area contributed by atoms with Gasteiger partial charge in [-0.05, 0) is 24.6 Å². The average molecular weight is 283 g/mol. The van der Waals surface area contributed by atoms with Crippen LogP contribution in [0.2, 0.25) is 0 Å². The maximum atomic E-state index is 13.1. The van der Waals surface area contributed by atoms with Gasteiger partial charge in [-0.2, -0.15) is 0 Å². The molecule has 0 bridgehead atoms. The molecule has 1 aromatic heterocycles. The summed E-state index contributed by atoms with van der Waals surface area (Å²) >= 11 is 1.16. The Hall–Kier alpha value is -1.32. The zero-order chi connectivity index (χ0) is 13.3. The summed E-state index contributed by atoms with van der Waals surface area (Å²) in [5.74, 6) is -1.26. The number of hydrogen-bond donors (Lipinski definition) is 1. The van der Waals surface area contributed by atoms with Crippen molar-refractivity contribution in [1.82, 2.24) is 4.98 Å². The van der Waals surface area contributed by atoms with Gasteiger partial charge in [0.05, 0.1) is 10.7 Å². The number of thiazole rings is 1. The number of carboxylic acid groups (broad SMARTS) is 1. The van der Waals surface area contributed by atoms with Crippen molar-refractivity contribution in [3.8, 4) is 0 Å². The van der Waals surface area contributed by atoms with E-state index in [1.165, 1.54) is 6.07 Å². The van der Waals surface area contributed by atoms with Crippen molar-refractivity contribution in [3.05, 3.63) is 45.2 Å². The van der Waals surface area contributed by atoms with E-state index >= 15 is 0 Å². The molecule has 0 fully saturated rings. The number of aromatic nitrogens is 1. The molecule has 1 N–H and O–H groups in total. The highest BCUT2D eigenvalue weighted by molar-refractivity contribution is 7.27. The minimum absolute atomic E-state index is 0.252. The molecule has 1 aromatic carbocycles. The molecular formula is C12H11FNO2PS. The molecule has 0 spiro atoms. The molecule has 0 saturated carbocycles. The van der Waals surface area contributed by atoms with Gasteiger partial charge in [0.25, 0.3) is 0 Å². The zero-order valence-electron chi connectivity index (χ0n) is 9.61. The minimum Gasteiger partial charge on any atom is -0.477 e. The fourth-order valence-electron chi connectivity index (χ4n) is 1.65. The molecule has 1 atom stereocenters. The van der Waals surface area contributed by atoms with E-state index in [1.54, 1.807) is 19.1 Å². The fraction of sp³-hybridized carbons (Fsp3) is 0.167. The molecule has 94 valence electrons. The van der Waals surface area contributed by atoms with Crippen molar-refractivity contribution < 1.29 is 14.3 Å². The van der Waals surface area contributed by atoms with Gasteiger partial charge < -0.3 is 5.11 Å². The molecule has 6 heteroatoms. The first-order chi connectivity index (χ1) is 8.47. The maximum absolute atomic E-state index is 13.1. The Kier molecular flexibility index (Phi) is 3.73. The molecule has 2 aromatic rings. The highest BCUT2D eigenvalue weighted by atomic mass is 32.1. The van der Waals surface area contributed by atoms with Gasteiger partial charge in [0.2, 0.25) is 0 Å². The third-order valence-corrected chi connectivity index (χ3v) is 3.87. The molecule has 0 aliphatic carbocycles. The van der Waals surface area contributed by atoms with Crippen molar-refractivity contribution in [2.75, 3.05) is 0 Å². The number of aromatic carboxylic acids is 1. The van der Waals surface area contributed by atoms with E-state index in [-0.39, 0.29) is 10.7 Å². The highest BCUT2D eigenvalue weighted by Crippen LogP contribution is 2.21. The van der Waals surface area contributed by atoms with Crippen LogP contribution < -0.4 is 5.30 Å². The third-order valence-electron chi connectivity index (χ3n) is 2.43. The van der Waals surface area contributed by atoms with Crippen LogP contribution in [0.4, 0.5) is 4.39 Å². The molecule has 3 nitrogen and oxygen atoms in total. The van der Waals surface area contributed by atoms with Gasteiger partial charge in [-0.3, -0.25) is 0 Å². The topological polar surface area (TPSA) is 50.2 Å². The Morgan fingerprint density at radius 2 is 2.28 bits per heavy atom. The summed E-state index contributed by atoms with van der Waals surface area (Å²) in [5, 5.41) is 10.2. The summed E-state index contributed by atoms with van der Waals surface area (Å²) in [6.45, 7) is 1.77. The van der Waals surface area contributed by atoms with Crippen LogP contribution in [0.25, 0.3) is 0 Å². The first-order valence-corrected chi connectivity index (χ1v) is 6.60. The standard InChI is InChI=1S/C12H11FNO2PS/c1-6-14-9(11(18-6)12(15)16)4-7-2-3-8(13)10(17)5-7/h2-3,5H,4,17H2,1H3,(H,15,16). The van der Waals surface area contributed by atoms with Crippen molar-refractivity contribution in [2.45, 2.75) is 13.3 Å². The van der Waals surface area contributed by atoms with Crippen LogP contribution >= 0.6 is 20.6 Å². The van der Waals surface area contributed by atoms with Crippen molar-refractivity contribution in [3.63, 3.8) is 0 Å². The number of hydrogen-bond acceptors (Lipinski definition) is 3. The Morgan fingerprint density at radius 1 is 1.56 bits per heavy atom. The normalized spacial score (nSPS) is 10.6. The zero-order valence-corrected chi connectivity index (χ0v) is 11.6. The van der Waals surface area contributed by atoms with Crippen molar-refractivity contribution in [1.29, 1.82) is 0 Å². The molecular weight excluding hydrogens is 272 g/mol. The fourth-order valence-corrected chi connectivity index (χ4v) is 2.74. The number of nitrogens with zero attached hydrogens (tertiary/aromatic N) is 1. The van der Waals surface area contributed by atoms with Gasteiger partial charge in [-0.15, -0.1) is 20.6 Å². The third kappa shape index (κ3) is 2.74. The molecule has 0 aliphatic rings. The second-order valence-electron chi connectivity index (χ2n) is 3.85. The quantitative estimate of drug-likeness (QED) is 0.880. The molecule has 1 heterocycles. The molecule has 0 amide bonds. The Balaban J connectivity index is 2.33. The van der Waals surface area contributed by atoms with Gasteiger partial charge in [-0.1, -0.05) is 6.07 Å². The monoisotopic (exact) mass is 283 g/mol. The number of halogens is 1. The van der Waals surface area contributed by atoms with Crippen LogP contribution in [0.1, 0.15) is 25.9 Å². The van der Waals surface area contributed by atoms with Gasteiger partial charge in [-0.25, -0.2) is 14.2 Å². The van der Waals surface area contributed by atoms with E-state index in [0.29, 0.717) is 17.4 Å². The first kappa shape index (κ1) is 13.1. The SMILES string of the molecule is Cc1nc(Cc2ccc(F)c(P)c2)c(C(=O)O)s1. The van der Waals surface area contributed by atoms with Gasteiger partial charge in [0, 0.05) is 11.7 Å². The Morgan fingerprint density at radius 3 is 2.89 bits per heavy atom. The van der Waals surface area contributed by atoms with Crippen LogP contribution in [0.3, 0.4) is 0 Å². The summed E-state index contributed by atoms with van der Waals surface area (Å²) < 4.78 is 13.1. The number of carbonyl (C=O) groups is 1. The predicted molar refractivity (Wildman–Crippen MR) is 72.4 cm³/mol. The smallest absolute Gasteiger partial charge is 0.347 e. The largest absolute Gasteiger partial charge is 0.477 e. The number of carboxylic acids is 1. The molecule has 0 radical (unpaired) electrons. The number of rotatable bonds is 3. The minimum atomic E-state index is -0.969. The van der Waals surface area contributed by atoms with E-state index in [2.05, 4.69) is 14.2 Å². The van der Waals surface area contributed by atoms with Crippen LogP contribution in [0, 0.1) is 12.7 Å². The molecule has 0 aliphatic heterocycles. The Labute approximate surface area is 110 Å². The van der Waals surface area contributed by atoms with E-state index in [4.69, 9.17) is 5.11 Å². The summed E-state index contributed by atoms with van der Waals surface area (Å²) in [6, 6.07) is 4.70.